The number of halogens is 1. The molecule has 0 N–H and O–H groups in total. The number of hydrogen-bond acceptors (Lipinski definition) is 4. The first-order valence-corrected chi connectivity index (χ1v) is 5.19. The van der Waals surface area contributed by atoms with Crippen molar-refractivity contribution in [2.24, 2.45) is 0 Å². The van der Waals surface area contributed by atoms with Crippen molar-refractivity contribution in [2.45, 2.75) is 13.5 Å². The molecule has 2 aromatic rings. The van der Waals surface area contributed by atoms with Gasteiger partial charge >= 0.3 is 0 Å². The predicted octanol–water partition coefficient (Wildman–Crippen LogP) is 2.72. The fourth-order valence-electron chi connectivity index (χ4n) is 1.11. The van der Waals surface area contributed by atoms with E-state index in [2.05, 4.69) is 26.1 Å². The maximum atomic E-state index is 5.46. The molecule has 0 fully saturated rings. The molecule has 78 valence electrons. The van der Waals surface area contributed by atoms with Gasteiger partial charge < -0.3 is 9.26 Å². The number of aryl methyl sites for hydroxylation is 1. The normalized spacial score (nSPS) is 10.3. The Labute approximate surface area is 95.4 Å². The van der Waals surface area contributed by atoms with Crippen molar-refractivity contribution in [2.75, 3.05) is 0 Å². The Morgan fingerprint density at radius 1 is 1.40 bits per heavy atom. The first kappa shape index (κ1) is 10.2. The van der Waals surface area contributed by atoms with Crippen molar-refractivity contribution in [3.05, 3.63) is 40.5 Å². The average Bonchev–Trinajstić information content (AvgIpc) is 2.62. The van der Waals surface area contributed by atoms with Crippen LogP contribution in [0.15, 0.2) is 33.5 Å². The monoisotopic (exact) mass is 268 g/mol. The van der Waals surface area contributed by atoms with Crippen LogP contribution in [-0.4, -0.2) is 10.1 Å². The SMILES string of the molecule is Cc1cc(COc2cncc(Br)c2)on1. The molecule has 0 saturated carbocycles. The van der Waals surface area contributed by atoms with Gasteiger partial charge in [0.25, 0.3) is 0 Å². The maximum absolute atomic E-state index is 5.46. The molecule has 0 bridgehead atoms. The van der Waals surface area contributed by atoms with Crippen molar-refractivity contribution < 1.29 is 9.26 Å². The van der Waals surface area contributed by atoms with Crippen LogP contribution in [0.25, 0.3) is 0 Å². The lowest BCUT2D eigenvalue weighted by atomic mass is 10.4. The Bertz CT molecular complexity index is 456. The topological polar surface area (TPSA) is 48.2 Å². The second-order valence-corrected chi connectivity index (χ2v) is 3.98. The van der Waals surface area contributed by atoms with Crippen molar-refractivity contribution in [1.82, 2.24) is 10.1 Å². The van der Waals surface area contributed by atoms with Gasteiger partial charge in [-0.2, -0.15) is 0 Å². The van der Waals surface area contributed by atoms with Gasteiger partial charge in [-0.3, -0.25) is 4.98 Å². The van der Waals surface area contributed by atoms with Gasteiger partial charge in [0.15, 0.2) is 5.76 Å². The molecule has 2 heterocycles. The highest BCUT2D eigenvalue weighted by molar-refractivity contribution is 9.10. The van der Waals surface area contributed by atoms with Crippen LogP contribution in [0.1, 0.15) is 11.5 Å². The number of ether oxygens (including phenoxy) is 1. The number of hydrogen-bond donors (Lipinski definition) is 0. The van der Waals surface area contributed by atoms with Crippen LogP contribution >= 0.6 is 15.9 Å². The van der Waals surface area contributed by atoms with Gasteiger partial charge in [0.2, 0.25) is 0 Å². The molecule has 0 unspecified atom stereocenters. The molecule has 2 aromatic heterocycles. The van der Waals surface area contributed by atoms with Gasteiger partial charge in [0.05, 0.1) is 11.9 Å². The lowest BCUT2D eigenvalue weighted by Crippen LogP contribution is -1.94. The summed E-state index contributed by atoms with van der Waals surface area (Å²) in [5.41, 5.74) is 0.848. The average molecular weight is 269 g/mol. The van der Waals surface area contributed by atoms with Gasteiger partial charge in [-0.15, -0.1) is 0 Å². The zero-order valence-electron chi connectivity index (χ0n) is 8.11. The van der Waals surface area contributed by atoms with E-state index in [0.29, 0.717) is 18.1 Å². The van der Waals surface area contributed by atoms with Crippen LogP contribution in [0.3, 0.4) is 0 Å². The van der Waals surface area contributed by atoms with Crippen molar-refractivity contribution in [3.8, 4) is 5.75 Å². The van der Waals surface area contributed by atoms with E-state index in [9.17, 15) is 0 Å². The lowest BCUT2D eigenvalue weighted by molar-refractivity contribution is 0.248. The summed E-state index contributed by atoms with van der Waals surface area (Å²) in [5.74, 6) is 1.39. The predicted molar refractivity (Wildman–Crippen MR) is 57.5 cm³/mol. The highest BCUT2D eigenvalue weighted by Crippen LogP contribution is 2.17. The molecule has 0 aliphatic heterocycles. The summed E-state index contributed by atoms with van der Waals surface area (Å²) < 4.78 is 11.4. The molecule has 0 amide bonds. The maximum Gasteiger partial charge on any atom is 0.174 e. The summed E-state index contributed by atoms with van der Waals surface area (Å²) in [6.07, 6.45) is 3.35. The quantitative estimate of drug-likeness (QED) is 0.859. The molecule has 0 saturated heterocycles. The van der Waals surface area contributed by atoms with E-state index in [1.54, 1.807) is 12.4 Å². The molecule has 0 spiro atoms. The van der Waals surface area contributed by atoms with Crippen LogP contribution < -0.4 is 4.74 Å². The van der Waals surface area contributed by atoms with Crippen LogP contribution in [0.5, 0.6) is 5.75 Å². The summed E-state index contributed by atoms with van der Waals surface area (Å²) >= 11 is 3.31. The van der Waals surface area contributed by atoms with E-state index in [1.165, 1.54) is 0 Å². The van der Waals surface area contributed by atoms with E-state index in [4.69, 9.17) is 9.26 Å². The number of nitrogens with zero attached hydrogens (tertiary/aromatic N) is 2. The molecular formula is C10H9BrN2O2. The molecule has 0 aromatic carbocycles. The zero-order valence-corrected chi connectivity index (χ0v) is 9.69. The van der Waals surface area contributed by atoms with E-state index in [0.717, 1.165) is 10.2 Å². The Hall–Kier alpha value is -1.36. The Kier molecular flexibility index (Phi) is 3.01. The number of aromatic nitrogens is 2. The highest BCUT2D eigenvalue weighted by Gasteiger charge is 2.02. The first-order valence-electron chi connectivity index (χ1n) is 4.39. The summed E-state index contributed by atoms with van der Waals surface area (Å²) in [6, 6.07) is 3.68. The standard InChI is InChI=1S/C10H9BrN2O2/c1-7-2-10(15-13-7)6-14-9-3-8(11)4-12-5-9/h2-5H,6H2,1H3. The third kappa shape index (κ3) is 2.79. The molecule has 2 rings (SSSR count). The van der Waals surface area contributed by atoms with Crippen LogP contribution in [0.2, 0.25) is 0 Å². The van der Waals surface area contributed by atoms with Crippen molar-refractivity contribution in [1.29, 1.82) is 0 Å². The minimum atomic E-state index is 0.360. The van der Waals surface area contributed by atoms with Crippen LogP contribution in [-0.2, 0) is 6.61 Å². The number of rotatable bonds is 3. The van der Waals surface area contributed by atoms with Crippen molar-refractivity contribution in [3.63, 3.8) is 0 Å². The Morgan fingerprint density at radius 3 is 2.93 bits per heavy atom. The van der Waals surface area contributed by atoms with Crippen LogP contribution in [0.4, 0.5) is 0 Å². The molecule has 0 aliphatic rings. The Balaban J connectivity index is 1.99. The largest absolute Gasteiger partial charge is 0.484 e. The molecule has 0 radical (unpaired) electrons. The molecule has 5 heteroatoms. The molecule has 4 nitrogen and oxygen atoms in total. The minimum absolute atomic E-state index is 0.360. The molecule has 0 aliphatic carbocycles. The summed E-state index contributed by atoms with van der Waals surface area (Å²) in [4.78, 5) is 3.98. The second-order valence-electron chi connectivity index (χ2n) is 3.06. The second kappa shape index (κ2) is 4.44. The lowest BCUT2D eigenvalue weighted by Gasteiger charge is -2.02. The summed E-state index contributed by atoms with van der Waals surface area (Å²) in [7, 11) is 0. The van der Waals surface area contributed by atoms with Crippen LogP contribution in [0, 0.1) is 6.92 Å². The fraction of sp³-hybridized carbons (Fsp3) is 0.200. The highest BCUT2D eigenvalue weighted by atomic mass is 79.9. The molecular weight excluding hydrogens is 260 g/mol. The summed E-state index contributed by atoms with van der Waals surface area (Å²) in [6.45, 7) is 2.23. The van der Waals surface area contributed by atoms with E-state index >= 15 is 0 Å². The zero-order chi connectivity index (χ0) is 10.7. The van der Waals surface area contributed by atoms with E-state index in [1.807, 2.05) is 19.1 Å². The molecule has 0 atom stereocenters. The van der Waals surface area contributed by atoms with Gasteiger partial charge in [0.1, 0.15) is 12.4 Å². The van der Waals surface area contributed by atoms with Gasteiger partial charge in [-0.1, -0.05) is 5.16 Å². The van der Waals surface area contributed by atoms with Gasteiger partial charge in [-0.05, 0) is 28.9 Å². The molecule has 15 heavy (non-hydrogen) atoms. The Morgan fingerprint density at radius 2 is 2.27 bits per heavy atom. The van der Waals surface area contributed by atoms with E-state index in [-0.39, 0.29) is 0 Å². The minimum Gasteiger partial charge on any atom is -0.484 e. The first-order chi connectivity index (χ1) is 7.24. The fourth-order valence-corrected chi connectivity index (χ4v) is 1.45. The third-order valence-electron chi connectivity index (χ3n) is 1.74. The van der Waals surface area contributed by atoms with Crippen molar-refractivity contribution >= 4 is 15.9 Å². The third-order valence-corrected chi connectivity index (χ3v) is 2.17. The smallest absolute Gasteiger partial charge is 0.174 e. The van der Waals surface area contributed by atoms with Gasteiger partial charge in [-0.25, -0.2) is 0 Å². The number of pyridine rings is 1. The van der Waals surface area contributed by atoms with Gasteiger partial charge in [0, 0.05) is 16.7 Å². The summed E-state index contributed by atoms with van der Waals surface area (Å²) in [5, 5.41) is 3.77. The van der Waals surface area contributed by atoms with E-state index < -0.39 is 0 Å².